The van der Waals surface area contributed by atoms with Crippen molar-refractivity contribution in [2.45, 2.75) is 63.8 Å². The van der Waals surface area contributed by atoms with Gasteiger partial charge in [-0.15, -0.1) is 0 Å². The lowest BCUT2D eigenvalue weighted by Crippen LogP contribution is -2.63. The van der Waals surface area contributed by atoms with E-state index in [1.807, 2.05) is 0 Å². The number of hydrogen-bond donors (Lipinski definition) is 2. The fourth-order valence-corrected chi connectivity index (χ4v) is 3.69. The minimum Gasteiger partial charge on any atom is -0.329 e. The van der Waals surface area contributed by atoms with Crippen molar-refractivity contribution in [1.29, 1.82) is 0 Å². The van der Waals surface area contributed by atoms with Gasteiger partial charge in [0.15, 0.2) is 0 Å². The van der Waals surface area contributed by atoms with Gasteiger partial charge in [0, 0.05) is 25.2 Å². The molecule has 0 aromatic carbocycles. The molecular formula is C14H29N3. The molecule has 0 spiro atoms. The van der Waals surface area contributed by atoms with Gasteiger partial charge in [-0.3, -0.25) is 0 Å². The summed E-state index contributed by atoms with van der Waals surface area (Å²) >= 11 is 0. The summed E-state index contributed by atoms with van der Waals surface area (Å²) < 4.78 is 0. The van der Waals surface area contributed by atoms with Crippen molar-refractivity contribution in [3.05, 3.63) is 0 Å². The second-order valence-corrected chi connectivity index (χ2v) is 5.87. The average Bonchev–Trinajstić information content (AvgIpc) is 2.40. The molecule has 1 aliphatic carbocycles. The molecule has 2 unspecified atom stereocenters. The van der Waals surface area contributed by atoms with Gasteiger partial charge >= 0.3 is 0 Å². The summed E-state index contributed by atoms with van der Waals surface area (Å²) in [6.07, 6.45) is 10.7. The summed E-state index contributed by atoms with van der Waals surface area (Å²) in [7, 11) is 0. The first-order valence-electron chi connectivity index (χ1n) is 7.53. The monoisotopic (exact) mass is 239 g/mol. The van der Waals surface area contributed by atoms with E-state index in [-0.39, 0.29) is 5.54 Å². The van der Waals surface area contributed by atoms with Crippen LogP contribution >= 0.6 is 0 Å². The number of nitrogens with two attached hydrogens (primary N) is 1. The molecule has 100 valence electrons. The Morgan fingerprint density at radius 3 is 2.59 bits per heavy atom. The fraction of sp³-hybridized carbons (Fsp3) is 1.00. The highest BCUT2D eigenvalue weighted by molar-refractivity contribution is 4.97. The second-order valence-electron chi connectivity index (χ2n) is 5.87. The number of nitrogens with one attached hydrogen (secondary N) is 1. The lowest BCUT2D eigenvalue weighted by atomic mass is 9.72. The summed E-state index contributed by atoms with van der Waals surface area (Å²) in [5, 5.41) is 2.45. The molecule has 2 fully saturated rings. The molecule has 0 radical (unpaired) electrons. The molecule has 3 nitrogen and oxygen atoms in total. The van der Waals surface area contributed by atoms with Gasteiger partial charge in [0.1, 0.15) is 0 Å². The molecule has 0 aromatic rings. The summed E-state index contributed by atoms with van der Waals surface area (Å²) in [5.41, 5.74) is 10.2. The van der Waals surface area contributed by atoms with Crippen molar-refractivity contribution in [2.24, 2.45) is 11.7 Å². The van der Waals surface area contributed by atoms with Gasteiger partial charge in [0.05, 0.1) is 0 Å². The standard InChI is InChI=1S/C14H29N3/c1-2-13-8-4-5-9-14(13,12-15)16-17-10-6-3-7-11-17/h13,16H,2-12,15H2,1H3. The number of hydrogen-bond acceptors (Lipinski definition) is 3. The van der Waals surface area contributed by atoms with E-state index in [2.05, 4.69) is 17.4 Å². The first kappa shape index (κ1) is 13.3. The van der Waals surface area contributed by atoms with Crippen LogP contribution in [-0.4, -0.2) is 30.2 Å². The topological polar surface area (TPSA) is 41.3 Å². The lowest BCUT2D eigenvalue weighted by molar-refractivity contribution is 0.0249. The normalized spacial score (nSPS) is 36.0. The van der Waals surface area contributed by atoms with Crippen LogP contribution in [0.4, 0.5) is 0 Å². The van der Waals surface area contributed by atoms with Crippen molar-refractivity contribution in [3.63, 3.8) is 0 Å². The fourth-order valence-electron chi connectivity index (χ4n) is 3.69. The van der Waals surface area contributed by atoms with E-state index in [0.717, 1.165) is 12.5 Å². The van der Waals surface area contributed by atoms with Gasteiger partial charge in [0.2, 0.25) is 0 Å². The van der Waals surface area contributed by atoms with Gasteiger partial charge in [0.25, 0.3) is 0 Å². The smallest absolute Gasteiger partial charge is 0.0476 e. The quantitative estimate of drug-likeness (QED) is 0.791. The van der Waals surface area contributed by atoms with E-state index in [4.69, 9.17) is 5.73 Å². The molecule has 1 heterocycles. The van der Waals surface area contributed by atoms with Crippen molar-refractivity contribution in [1.82, 2.24) is 10.4 Å². The van der Waals surface area contributed by atoms with Crippen LogP contribution in [0.2, 0.25) is 0 Å². The Morgan fingerprint density at radius 2 is 1.94 bits per heavy atom. The van der Waals surface area contributed by atoms with Crippen LogP contribution < -0.4 is 11.2 Å². The van der Waals surface area contributed by atoms with Crippen LogP contribution in [0.15, 0.2) is 0 Å². The molecule has 0 bridgehead atoms. The Balaban J connectivity index is 2.00. The van der Waals surface area contributed by atoms with E-state index in [1.165, 1.54) is 64.5 Å². The maximum absolute atomic E-state index is 6.13. The van der Waals surface area contributed by atoms with Gasteiger partial charge in [-0.05, 0) is 31.6 Å². The molecule has 1 aliphatic heterocycles. The SMILES string of the molecule is CCC1CCCCC1(CN)NN1CCCCC1. The molecule has 1 saturated heterocycles. The van der Waals surface area contributed by atoms with Gasteiger partial charge < -0.3 is 5.73 Å². The highest BCUT2D eigenvalue weighted by Gasteiger charge is 2.39. The highest BCUT2D eigenvalue weighted by atomic mass is 15.5. The van der Waals surface area contributed by atoms with Gasteiger partial charge in [-0.25, -0.2) is 10.4 Å². The number of hydrazine groups is 1. The number of piperidine rings is 1. The van der Waals surface area contributed by atoms with Crippen LogP contribution in [0.3, 0.4) is 0 Å². The number of rotatable bonds is 4. The first-order chi connectivity index (χ1) is 8.30. The molecule has 2 atom stereocenters. The lowest BCUT2D eigenvalue weighted by Gasteiger charge is -2.47. The Labute approximate surface area is 106 Å². The zero-order valence-electron chi connectivity index (χ0n) is 11.4. The van der Waals surface area contributed by atoms with Crippen LogP contribution in [0.25, 0.3) is 0 Å². The Bertz CT molecular complexity index is 226. The van der Waals surface area contributed by atoms with Crippen molar-refractivity contribution < 1.29 is 0 Å². The molecule has 3 N–H and O–H groups in total. The molecule has 2 rings (SSSR count). The predicted octanol–water partition coefficient (Wildman–Crippen LogP) is 2.27. The largest absolute Gasteiger partial charge is 0.329 e. The van der Waals surface area contributed by atoms with Crippen LogP contribution in [0, 0.1) is 5.92 Å². The van der Waals surface area contributed by atoms with Crippen molar-refractivity contribution in [3.8, 4) is 0 Å². The summed E-state index contributed by atoms with van der Waals surface area (Å²) in [6.45, 7) is 5.52. The van der Waals surface area contributed by atoms with Crippen molar-refractivity contribution in [2.75, 3.05) is 19.6 Å². The van der Waals surface area contributed by atoms with Gasteiger partial charge in [-0.1, -0.05) is 32.6 Å². The van der Waals surface area contributed by atoms with E-state index in [1.54, 1.807) is 0 Å². The zero-order valence-corrected chi connectivity index (χ0v) is 11.4. The summed E-state index contributed by atoms with van der Waals surface area (Å²) in [5.74, 6) is 0.767. The van der Waals surface area contributed by atoms with Crippen molar-refractivity contribution >= 4 is 0 Å². The van der Waals surface area contributed by atoms with E-state index >= 15 is 0 Å². The third-order valence-corrected chi connectivity index (χ3v) is 4.80. The molecular weight excluding hydrogens is 210 g/mol. The molecule has 3 heteroatoms. The summed E-state index contributed by atoms with van der Waals surface area (Å²) in [4.78, 5) is 0. The molecule has 1 saturated carbocycles. The Hall–Kier alpha value is -0.120. The minimum absolute atomic E-state index is 0.199. The first-order valence-corrected chi connectivity index (χ1v) is 7.53. The maximum atomic E-state index is 6.13. The third kappa shape index (κ3) is 3.01. The minimum atomic E-state index is 0.199. The van der Waals surface area contributed by atoms with E-state index < -0.39 is 0 Å². The predicted molar refractivity (Wildman–Crippen MR) is 72.6 cm³/mol. The molecule has 0 amide bonds. The van der Waals surface area contributed by atoms with Crippen LogP contribution in [0.1, 0.15) is 58.3 Å². The zero-order chi connectivity index (χ0) is 12.1. The maximum Gasteiger partial charge on any atom is 0.0476 e. The summed E-state index contributed by atoms with van der Waals surface area (Å²) in [6, 6.07) is 0. The third-order valence-electron chi connectivity index (χ3n) is 4.80. The average molecular weight is 239 g/mol. The van der Waals surface area contributed by atoms with Gasteiger partial charge in [-0.2, -0.15) is 0 Å². The van der Waals surface area contributed by atoms with E-state index in [0.29, 0.717) is 0 Å². The van der Waals surface area contributed by atoms with E-state index in [9.17, 15) is 0 Å². The number of nitrogens with zero attached hydrogens (tertiary/aromatic N) is 1. The molecule has 0 aromatic heterocycles. The molecule has 2 aliphatic rings. The van der Waals surface area contributed by atoms with Crippen LogP contribution in [0.5, 0.6) is 0 Å². The Kier molecular flexibility index (Phi) is 4.83. The molecule has 17 heavy (non-hydrogen) atoms. The Morgan fingerprint density at radius 1 is 1.18 bits per heavy atom. The van der Waals surface area contributed by atoms with Crippen LogP contribution in [-0.2, 0) is 0 Å². The highest BCUT2D eigenvalue weighted by Crippen LogP contribution is 2.35. The second kappa shape index (κ2) is 6.17.